The maximum absolute atomic E-state index is 10.9. The minimum atomic E-state index is -0.526. The normalized spacial score (nSPS) is 12.5. The lowest BCUT2D eigenvalue weighted by atomic mass is 10.0. The second kappa shape index (κ2) is 14.2. The fourth-order valence-electron chi connectivity index (χ4n) is 2.24. The number of unbranched alkanes of at least 4 members (excludes halogenated alkanes) is 10. The number of thiol groups is 1. The molecule has 0 aromatic heterocycles. The molecule has 0 aliphatic carbocycles. The summed E-state index contributed by atoms with van der Waals surface area (Å²) in [5.74, 6) is -0.415. The highest BCUT2D eigenvalue weighted by atomic mass is 32.1. The zero-order valence-electron chi connectivity index (χ0n) is 12.4. The number of hydrogen-bond acceptors (Lipinski definition) is 3. The fourth-order valence-corrected chi connectivity index (χ4v) is 2.45. The Morgan fingerprint density at radius 2 is 1.37 bits per heavy atom. The van der Waals surface area contributed by atoms with Crippen molar-refractivity contribution in [3.05, 3.63) is 0 Å². The number of nitrogens with two attached hydrogens (primary N) is 1. The van der Waals surface area contributed by atoms with E-state index in [2.05, 4.69) is 19.8 Å². The van der Waals surface area contributed by atoms with Crippen LogP contribution in [0.4, 0.5) is 0 Å². The molecule has 1 unspecified atom stereocenters. The van der Waals surface area contributed by atoms with E-state index in [1.165, 1.54) is 57.8 Å². The summed E-state index contributed by atoms with van der Waals surface area (Å²) in [5, 5.41) is 0. The Labute approximate surface area is 124 Å². The molecular weight excluding hydrogens is 258 g/mol. The molecule has 114 valence electrons. The molecule has 2 N–H and O–H groups in total. The SMILES string of the molecule is CCCCCCCCCCCCCC(OS)C(N)=O. The van der Waals surface area contributed by atoms with Gasteiger partial charge in [0.25, 0.3) is 0 Å². The first kappa shape index (κ1) is 18.8. The van der Waals surface area contributed by atoms with Gasteiger partial charge in [-0.05, 0) is 19.3 Å². The van der Waals surface area contributed by atoms with Crippen molar-refractivity contribution in [2.45, 2.75) is 90.1 Å². The molecule has 0 spiro atoms. The summed E-state index contributed by atoms with van der Waals surface area (Å²) in [6.07, 6.45) is 14.4. The van der Waals surface area contributed by atoms with Crippen LogP contribution in [0, 0.1) is 0 Å². The van der Waals surface area contributed by atoms with E-state index in [1.54, 1.807) is 0 Å². The predicted octanol–water partition coefficient (Wildman–Crippen LogP) is 4.40. The summed E-state index contributed by atoms with van der Waals surface area (Å²) in [7, 11) is 0. The Balaban J connectivity index is 3.16. The molecule has 0 radical (unpaired) electrons. The Hall–Kier alpha value is -0.220. The van der Waals surface area contributed by atoms with Gasteiger partial charge in [-0.15, -0.1) is 0 Å². The molecule has 0 aromatic carbocycles. The Bertz CT molecular complexity index is 212. The van der Waals surface area contributed by atoms with Gasteiger partial charge in [-0.3, -0.25) is 4.79 Å². The first-order valence-electron chi connectivity index (χ1n) is 7.82. The fraction of sp³-hybridized carbons (Fsp3) is 0.933. The molecule has 0 rings (SSSR count). The molecule has 4 heteroatoms. The summed E-state index contributed by atoms with van der Waals surface area (Å²) in [6.45, 7) is 2.25. The highest BCUT2D eigenvalue weighted by molar-refractivity contribution is 7.75. The van der Waals surface area contributed by atoms with E-state index in [0.29, 0.717) is 6.42 Å². The smallest absolute Gasteiger partial charge is 0.247 e. The van der Waals surface area contributed by atoms with Crippen molar-refractivity contribution in [1.29, 1.82) is 0 Å². The monoisotopic (exact) mass is 289 g/mol. The van der Waals surface area contributed by atoms with Crippen LogP contribution in [0.1, 0.15) is 84.0 Å². The lowest BCUT2D eigenvalue weighted by Gasteiger charge is -2.09. The van der Waals surface area contributed by atoms with E-state index >= 15 is 0 Å². The van der Waals surface area contributed by atoms with Gasteiger partial charge in [0.2, 0.25) is 5.91 Å². The number of rotatable bonds is 14. The van der Waals surface area contributed by atoms with Crippen LogP contribution in [0.3, 0.4) is 0 Å². The Morgan fingerprint density at radius 3 is 1.74 bits per heavy atom. The minimum Gasteiger partial charge on any atom is -0.367 e. The van der Waals surface area contributed by atoms with Crippen molar-refractivity contribution in [3.8, 4) is 0 Å². The van der Waals surface area contributed by atoms with Gasteiger partial charge in [0.1, 0.15) is 6.10 Å². The van der Waals surface area contributed by atoms with E-state index in [-0.39, 0.29) is 0 Å². The lowest BCUT2D eigenvalue weighted by molar-refractivity contribution is -0.124. The Kier molecular flexibility index (Phi) is 14.0. The zero-order valence-corrected chi connectivity index (χ0v) is 13.3. The number of amides is 1. The quantitative estimate of drug-likeness (QED) is 0.283. The average molecular weight is 289 g/mol. The summed E-state index contributed by atoms with van der Waals surface area (Å²) in [6, 6.07) is 0. The average Bonchev–Trinajstić information content (AvgIpc) is 2.40. The first-order valence-corrected chi connectivity index (χ1v) is 8.18. The second-order valence-corrected chi connectivity index (χ2v) is 5.53. The summed E-state index contributed by atoms with van der Waals surface area (Å²) < 4.78 is 4.72. The molecule has 0 aromatic rings. The van der Waals surface area contributed by atoms with Gasteiger partial charge >= 0.3 is 0 Å². The summed E-state index contributed by atoms with van der Waals surface area (Å²) in [4.78, 5) is 10.9. The topological polar surface area (TPSA) is 52.3 Å². The largest absolute Gasteiger partial charge is 0.367 e. The summed E-state index contributed by atoms with van der Waals surface area (Å²) in [5.41, 5.74) is 5.16. The molecule has 3 nitrogen and oxygen atoms in total. The van der Waals surface area contributed by atoms with Crippen LogP contribution in [0.5, 0.6) is 0 Å². The maximum Gasteiger partial charge on any atom is 0.247 e. The number of carbonyl (C=O) groups is 1. The molecule has 1 atom stereocenters. The highest BCUT2D eigenvalue weighted by Gasteiger charge is 2.13. The molecule has 1 amide bonds. The van der Waals surface area contributed by atoms with Crippen molar-refractivity contribution in [3.63, 3.8) is 0 Å². The molecule has 0 heterocycles. The molecular formula is C15H31NO2S. The lowest BCUT2D eigenvalue weighted by Crippen LogP contribution is -2.28. The van der Waals surface area contributed by atoms with E-state index in [1.807, 2.05) is 0 Å². The molecule has 0 fully saturated rings. The van der Waals surface area contributed by atoms with E-state index < -0.39 is 12.0 Å². The van der Waals surface area contributed by atoms with Gasteiger partial charge in [0.15, 0.2) is 0 Å². The van der Waals surface area contributed by atoms with Crippen molar-refractivity contribution in [1.82, 2.24) is 0 Å². The van der Waals surface area contributed by atoms with Crippen molar-refractivity contribution < 1.29 is 8.98 Å². The third-order valence-electron chi connectivity index (χ3n) is 3.51. The highest BCUT2D eigenvalue weighted by Crippen LogP contribution is 2.13. The van der Waals surface area contributed by atoms with Gasteiger partial charge < -0.3 is 9.92 Å². The van der Waals surface area contributed by atoms with Crippen LogP contribution >= 0.6 is 12.9 Å². The van der Waals surface area contributed by atoms with E-state index in [0.717, 1.165) is 12.8 Å². The van der Waals surface area contributed by atoms with Crippen LogP contribution < -0.4 is 5.73 Å². The van der Waals surface area contributed by atoms with Crippen LogP contribution in [0.25, 0.3) is 0 Å². The van der Waals surface area contributed by atoms with Crippen molar-refractivity contribution in [2.75, 3.05) is 0 Å². The third kappa shape index (κ3) is 12.6. The van der Waals surface area contributed by atoms with Crippen molar-refractivity contribution >= 4 is 18.8 Å². The maximum atomic E-state index is 10.9. The first-order chi connectivity index (χ1) is 9.22. The summed E-state index contributed by atoms with van der Waals surface area (Å²) >= 11 is 3.66. The molecule has 0 bridgehead atoms. The Morgan fingerprint density at radius 1 is 0.947 bits per heavy atom. The van der Waals surface area contributed by atoms with E-state index in [9.17, 15) is 4.79 Å². The number of primary amides is 1. The molecule has 0 aliphatic heterocycles. The second-order valence-electron chi connectivity index (χ2n) is 5.32. The van der Waals surface area contributed by atoms with Crippen LogP contribution in [0.15, 0.2) is 0 Å². The molecule has 19 heavy (non-hydrogen) atoms. The predicted molar refractivity (Wildman–Crippen MR) is 84.1 cm³/mol. The zero-order chi connectivity index (χ0) is 14.3. The third-order valence-corrected chi connectivity index (χ3v) is 3.77. The molecule has 0 saturated carbocycles. The van der Waals surface area contributed by atoms with Crippen LogP contribution in [0.2, 0.25) is 0 Å². The van der Waals surface area contributed by atoms with E-state index in [4.69, 9.17) is 9.92 Å². The van der Waals surface area contributed by atoms with Gasteiger partial charge in [0, 0.05) is 0 Å². The van der Waals surface area contributed by atoms with Crippen molar-refractivity contribution in [2.24, 2.45) is 5.73 Å². The van der Waals surface area contributed by atoms with Crippen LogP contribution in [-0.2, 0) is 8.98 Å². The van der Waals surface area contributed by atoms with Gasteiger partial charge in [-0.25, -0.2) is 0 Å². The standard InChI is InChI=1S/C15H31NO2S/c1-2-3-4-5-6-7-8-9-10-11-12-13-14(18-19)15(16)17/h14,19H,2-13H2,1H3,(H2,16,17). The molecule has 0 saturated heterocycles. The van der Waals surface area contributed by atoms with Crippen LogP contribution in [-0.4, -0.2) is 12.0 Å². The molecule has 0 aliphatic rings. The van der Waals surface area contributed by atoms with Gasteiger partial charge in [0.05, 0.1) is 0 Å². The number of hydrogen-bond donors (Lipinski definition) is 2. The van der Waals surface area contributed by atoms with Gasteiger partial charge in [-0.1, -0.05) is 77.6 Å². The van der Waals surface area contributed by atoms with Gasteiger partial charge in [-0.2, -0.15) is 0 Å². The minimum absolute atomic E-state index is 0.415. The number of carbonyl (C=O) groups excluding carboxylic acids is 1.